The lowest BCUT2D eigenvalue weighted by Gasteiger charge is -2.09. The Balaban J connectivity index is 2.22. The van der Waals surface area contributed by atoms with E-state index in [2.05, 4.69) is 5.32 Å². The SMILES string of the molecule is CC1(C)CC1CNC(=O)c1cc(S(=O)(=O)Cl)cc(F)c1F. The van der Waals surface area contributed by atoms with Crippen LogP contribution in [-0.4, -0.2) is 20.9 Å². The van der Waals surface area contributed by atoms with Crippen LogP contribution in [0.4, 0.5) is 8.78 Å². The Labute approximate surface area is 125 Å². The van der Waals surface area contributed by atoms with E-state index in [4.69, 9.17) is 10.7 Å². The van der Waals surface area contributed by atoms with E-state index in [1.54, 1.807) is 0 Å². The highest BCUT2D eigenvalue weighted by atomic mass is 35.7. The van der Waals surface area contributed by atoms with E-state index in [0.29, 0.717) is 12.6 Å². The fraction of sp³-hybridized carbons (Fsp3) is 0.462. The number of carbonyl (C=O) groups is 1. The lowest BCUT2D eigenvalue weighted by Crippen LogP contribution is -2.28. The van der Waals surface area contributed by atoms with Crippen molar-refractivity contribution in [2.45, 2.75) is 25.2 Å². The molecule has 1 aliphatic carbocycles. The minimum atomic E-state index is -4.25. The zero-order chi connectivity index (χ0) is 16.0. The molecule has 1 aliphatic rings. The van der Waals surface area contributed by atoms with Gasteiger partial charge >= 0.3 is 0 Å². The topological polar surface area (TPSA) is 63.2 Å². The first-order chi connectivity index (χ1) is 9.52. The maximum atomic E-state index is 13.6. The highest BCUT2D eigenvalue weighted by Gasteiger charge is 2.45. The van der Waals surface area contributed by atoms with Gasteiger partial charge < -0.3 is 5.32 Å². The van der Waals surface area contributed by atoms with Gasteiger partial charge in [-0.05, 0) is 29.9 Å². The first-order valence-electron chi connectivity index (χ1n) is 6.24. The molecular formula is C13H14ClF2NO3S. The Morgan fingerprint density at radius 3 is 2.48 bits per heavy atom. The van der Waals surface area contributed by atoms with Gasteiger partial charge in [0.05, 0.1) is 10.5 Å². The minimum Gasteiger partial charge on any atom is -0.352 e. The highest BCUT2D eigenvalue weighted by Crippen LogP contribution is 2.51. The van der Waals surface area contributed by atoms with Crippen molar-refractivity contribution in [1.29, 1.82) is 0 Å². The Morgan fingerprint density at radius 2 is 2.00 bits per heavy atom. The Kier molecular flexibility index (Phi) is 4.01. The first kappa shape index (κ1) is 16.2. The summed E-state index contributed by atoms with van der Waals surface area (Å²) in [6, 6.07) is 1.17. The molecule has 0 radical (unpaired) electrons. The molecule has 2 rings (SSSR count). The van der Waals surface area contributed by atoms with E-state index in [0.717, 1.165) is 12.5 Å². The van der Waals surface area contributed by atoms with Gasteiger partial charge in [0, 0.05) is 17.2 Å². The molecular weight excluding hydrogens is 324 g/mol. The molecule has 21 heavy (non-hydrogen) atoms. The Bertz CT molecular complexity index is 704. The van der Waals surface area contributed by atoms with Gasteiger partial charge in [-0.1, -0.05) is 13.8 Å². The van der Waals surface area contributed by atoms with Crippen LogP contribution in [0.5, 0.6) is 0 Å². The van der Waals surface area contributed by atoms with Crippen molar-refractivity contribution >= 4 is 25.6 Å². The fourth-order valence-corrected chi connectivity index (χ4v) is 2.88. The van der Waals surface area contributed by atoms with Gasteiger partial charge in [-0.15, -0.1) is 0 Å². The zero-order valence-electron chi connectivity index (χ0n) is 11.4. The fourth-order valence-electron chi connectivity index (χ4n) is 2.11. The summed E-state index contributed by atoms with van der Waals surface area (Å²) in [5.74, 6) is -3.43. The van der Waals surface area contributed by atoms with Crippen molar-refractivity contribution < 1.29 is 22.0 Å². The van der Waals surface area contributed by atoms with Crippen molar-refractivity contribution in [1.82, 2.24) is 5.32 Å². The van der Waals surface area contributed by atoms with Crippen LogP contribution >= 0.6 is 10.7 Å². The van der Waals surface area contributed by atoms with Gasteiger partial charge in [0.2, 0.25) is 0 Å². The van der Waals surface area contributed by atoms with Crippen LogP contribution in [0.1, 0.15) is 30.6 Å². The molecule has 1 amide bonds. The van der Waals surface area contributed by atoms with Gasteiger partial charge in [-0.25, -0.2) is 17.2 Å². The van der Waals surface area contributed by atoms with Gasteiger partial charge in [-0.2, -0.15) is 0 Å². The molecule has 1 aromatic rings. The summed E-state index contributed by atoms with van der Waals surface area (Å²) < 4.78 is 49.4. The summed E-state index contributed by atoms with van der Waals surface area (Å²) in [5.41, 5.74) is -0.550. The monoisotopic (exact) mass is 337 g/mol. The second kappa shape index (κ2) is 5.21. The van der Waals surface area contributed by atoms with Gasteiger partial charge in [0.25, 0.3) is 15.0 Å². The lowest BCUT2D eigenvalue weighted by molar-refractivity contribution is 0.0945. The number of halogens is 3. The first-order valence-corrected chi connectivity index (χ1v) is 8.55. The van der Waals surface area contributed by atoms with Crippen molar-refractivity contribution in [2.24, 2.45) is 11.3 Å². The van der Waals surface area contributed by atoms with Crippen molar-refractivity contribution in [3.8, 4) is 0 Å². The minimum absolute atomic E-state index is 0.123. The number of amides is 1. The standard InChI is InChI=1S/C13H14ClF2NO3S/c1-13(2)5-7(13)6-17-12(18)9-3-8(21(14,19)20)4-10(15)11(9)16/h3-4,7H,5-6H2,1-2H3,(H,17,18). The maximum Gasteiger partial charge on any atom is 0.261 e. The highest BCUT2D eigenvalue weighted by molar-refractivity contribution is 8.13. The van der Waals surface area contributed by atoms with Crippen LogP contribution in [0.2, 0.25) is 0 Å². The van der Waals surface area contributed by atoms with Gasteiger partial charge in [-0.3, -0.25) is 4.79 Å². The summed E-state index contributed by atoms with van der Waals surface area (Å²) in [6.07, 6.45) is 0.931. The summed E-state index contributed by atoms with van der Waals surface area (Å²) >= 11 is 0. The largest absolute Gasteiger partial charge is 0.352 e. The summed E-state index contributed by atoms with van der Waals surface area (Å²) in [5, 5.41) is 2.48. The Hall–Kier alpha value is -1.21. The average Bonchev–Trinajstić information content (AvgIpc) is 2.96. The molecule has 1 fully saturated rings. The normalized spacial score (nSPS) is 20.1. The third-order valence-electron chi connectivity index (χ3n) is 3.75. The molecule has 0 spiro atoms. The average molecular weight is 338 g/mol. The number of rotatable bonds is 4. The molecule has 0 heterocycles. The van der Waals surface area contributed by atoms with Crippen molar-refractivity contribution in [3.05, 3.63) is 29.3 Å². The van der Waals surface area contributed by atoms with Crippen LogP contribution < -0.4 is 5.32 Å². The number of benzene rings is 1. The predicted molar refractivity (Wildman–Crippen MR) is 73.6 cm³/mol. The molecule has 0 bridgehead atoms. The molecule has 1 unspecified atom stereocenters. The van der Waals surface area contributed by atoms with Gasteiger partial charge in [0.1, 0.15) is 0 Å². The Morgan fingerprint density at radius 1 is 1.43 bits per heavy atom. The molecule has 116 valence electrons. The lowest BCUT2D eigenvalue weighted by atomic mass is 10.1. The second-order valence-electron chi connectivity index (χ2n) is 5.80. The van der Waals surface area contributed by atoms with E-state index in [1.165, 1.54) is 0 Å². The molecule has 1 saturated carbocycles. The smallest absolute Gasteiger partial charge is 0.261 e. The summed E-state index contributed by atoms with van der Waals surface area (Å²) in [6.45, 7) is 4.39. The molecule has 4 nitrogen and oxygen atoms in total. The number of hydrogen-bond acceptors (Lipinski definition) is 3. The van der Waals surface area contributed by atoms with Crippen molar-refractivity contribution in [2.75, 3.05) is 6.54 Å². The van der Waals surface area contributed by atoms with Crippen LogP contribution in [-0.2, 0) is 9.05 Å². The van der Waals surface area contributed by atoms with Crippen LogP contribution in [0.3, 0.4) is 0 Å². The second-order valence-corrected chi connectivity index (χ2v) is 8.37. The number of hydrogen-bond donors (Lipinski definition) is 1. The quantitative estimate of drug-likeness (QED) is 0.859. The van der Waals surface area contributed by atoms with Crippen LogP contribution in [0.25, 0.3) is 0 Å². The molecule has 1 atom stereocenters. The number of nitrogens with one attached hydrogen (secondary N) is 1. The molecule has 0 saturated heterocycles. The van der Waals surface area contributed by atoms with E-state index in [9.17, 15) is 22.0 Å². The molecule has 0 aliphatic heterocycles. The zero-order valence-corrected chi connectivity index (χ0v) is 13.0. The predicted octanol–water partition coefficient (Wildman–Crippen LogP) is 2.67. The van der Waals surface area contributed by atoms with Gasteiger partial charge in [0.15, 0.2) is 11.6 Å². The van der Waals surface area contributed by atoms with E-state index in [-0.39, 0.29) is 11.3 Å². The van der Waals surface area contributed by atoms with E-state index >= 15 is 0 Å². The van der Waals surface area contributed by atoms with Crippen LogP contribution in [0.15, 0.2) is 17.0 Å². The third-order valence-corrected chi connectivity index (χ3v) is 5.09. The van der Waals surface area contributed by atoms with E-state index < -0.39 is 37.1 Å². The maximum absolute atomic E-state index is 13.6. The molecule has 1 aromatic carbocycles. The third kappa shape index (κ3) is 3.52. The van der Waals surface area contributed by atoms with E-state index in [1.807, 2.05) is 13.8 Å². The summed E-state index contributed by atoms with van der Waals surface area (Å²) in [4.78, 5) is 11.2. The number of carbonyl (C=O) groups excluding carboxylic acids is 1. The molecule has 8 heteroatoms. The van der Waals surface area contributed by atoms with Crippen molar-refractivity contribution in [3.63, 3.8) is 0 Å². The molecule has 1 N–H and O–H groups in total. The summed E-state index contributed by atoms with van der Waals surface area (Å²) in [7, 11) is 0.836. The molecule has 0 aromatic heterocycles. The van der Waals surface area contributed by atoms with Crippen LogP contribution in [0, 0.1) is 23.0 Å².